The van der Waals surface area contributed by atoms with Crippen LogP contribution in [0.25, 0.3) is 0 Å². The highest BCUT2D eigenvalue weighted by atomic mass is 19.1. The standard InChI is InChI=1S/C15H23FN2O2/c1-11(2)18(4)10-15(19)17-9-12(3)20-14-8-6-5-7-13(14)16/h5-8,11-12H,9-10H2,1-4H3,(H,17,19)/t12-/m0/s1. The molecule has 0 fully saturated rings. The van der Waals surface area contributed by atoms with Crippen molar-refractivity contribution >= 4 is 5.91 Å². The zero-order valence-corrected chi connectivity index (χ0v) is 12.5. The van der Waals surface area contributed by atoms with Crippen LogP contribution in [0.1, 0.15) is 20.8 Å². The number of hydrogen-bond donors (Lipinski definition) is 1. The highest BCUT2D eigenvalue weighted by Gasteiger charge is 2.12. The molecule has 0 aliphatic heterocycles. The molecule has 1 rings (SSSR count). The monoisotopic (exact) mass is 282 g/mol. The number of halogens is 1. The lowest BCUT2D eigenvalue weighted by Gasteiger charge is -2.21. The van der Waals surface area contributed by atoms with Gasteiger partial charge in [-0.2, -0.15) is 0 Å². The number of nitrogens with zero attached hydrogens (tertiary/aromatic N) is 1. The molecule has 1 aromatic rings. The average Bonchev–Trinajstić information content (AvgIpc) is 2.39. The van der Waals surface area contributed by atoms with Crippen molar-refractivity contribution in [2.75, 3.05) is 20.1 Å². The van der Waals surface area contributed by atoms with Gasteiger partial charge < -0.3 is 10.1 Å². The third kappa shape index (κ3) is 5.57. The van der Waals surface area contributed by atoms with Gasteiger partial charge in [0.1, 0.15) is 6.10 Å². The number of hydrogen-bond acceptors (Lipinski definition) is 3. The van der Waals surface area contributed by atoms with Crippen LogP contribution >= 0.6 is 0 Å². The second-order valence-corrected chi connectivity index (χ2v) is 5.17. The van der Waals surface area contributed by atoms with Crippen LogP contribution in [0.15, 0.2) is 24.3 Å². The first-order chi connectivity index (χ1) is 9.40. The van der Waals surface area contributed by atoms with Crippen LogP contribution in [-0.4, -0.2) is 43.1 Å². The Kier molecular flexibility index (Phi) is 6.45. The normalized spacial score (nSPS) is 12.6. The molecular formula is C15H23FN2O2. The first-order valence-electron chi connectivity index (χ1n) is 6.78. The minimum absolute atomic E-state index is 0.0646. The van der Waals surface area contributed by atoms with E-state index in [0.29, 0.717) is 19.1 Å². The number of amides is 1. The van der Waals surface area contributed by atoms with E-state index in [-0.39, 0.29) is 17.8 Å². The molecule has 0 aliphatic rings. The second-order valence-electron chi connectivity index (χ2n) is 5.17. The number of likely N-dealkylation sites (N-methyl/N-ethyl adjacent to an activating group) is 1. The molecule has 1 aromatic carbocycles. The molecule has 1 N–H and O–H groups in total. The molecule has 20 heavy (non-hydrogen) atoms. The van der Waals surface area contributed by atoms with E-state index in [4.69, 9.17) is 4.74 Å². The Morgan fingerprint density at radius 1 is 1.35 bits per heavy atom. The van der Waals surface area contributed by atoms with E-state index in [9.17, 15) is 9.18 Å². The van der Waals surface area contributed by atoms with Gasteiger partial charge in [-0.1, -0.05) is 12.1 Å². The lowest BCUT2D eigenvalue weighted by molar-refractivity contribution is -0.122. The first-order valence-corrected chi connectivity index (χ1v) is 6.78. The number of carbonyl (C=O) groups excluding carboxylic acids is 1. The Balaban J connectivity index is 2.35. The Morgan fingerprint density at radius 3 is 2.60 bits per heavy atom. The van der Waals surface area contributed by atoms with Gasteiger partial charge in [0, 0.05) is 6.04 Å². The van der Waals surface area contributed by atoms with Crippen LogP contribution in [-0.2, 0) is 4.79 Å². The Bertz CT molecular complexity index is 438. The third-order valence-electron chi connectivity index (χ3n) is 3.03. The van der Waals surface area contributed by atoms with E-state index in [0.717, 1.165) is 0 Å². The van der Waals surface area contributed by atoms with Crippen LogP contribution in [0.3, 0.4) is 0 Å². The Morgan fingerprint density at radius 2 is 2.00 bits per heavy atom. The maximum atomic E-state index is 13.4. The summed E-state index contributed by atoms with van der Waals surface area (Å²) in [5.74, 6) is -0.260. The first kappa shape index (κ1) is 16.4. The van der Waals surface area contributed by atoms with Crippen molar-refractivity contribution in [1.29, 1.82) is 0 Å². The fraction of sp³-hybridized carbons (Fsp3) is 0.533. The summed E-state index contributed by atoms with van der Waals surface area (Å²) in [6.07, 6.45) is -0.291. The van der Waals surface area contributed by atoms with Crippen LogP contribution in [0.5, 0.6) is 5.75 Å². The third-order valence-corrected chi connectivity index (χ3v) is 3.03. The van der Waals surface area contributed by atoms with Gasteiger partial charge in [0.2, 0.25) is 5.91 Å². The molecule has 4 nitrogen and oxygen atoms in total. The highest BCUT2D eigenvalue weighted by Crippen LogP contribution is 2.16. The fourth-order valence-electron chi connectivity index (χ4n) is 1.52. The van der Waals surface area contributed by atoms with Gasteiger partial charge in [-0.3, -0.25) is 9.69 Å². The second kappa shape index (κ2) is 7.85. The number of rotatable bonds is 7. The van der Waals surface area contributed by atoms with E-state index in [1.165, 1.54) is 6.07 Å². The maximum absolute atomic E-state index is 13.4. The Labute approximate surface area is 119 Å². The fourth-order valence-corrected chi connectivity index (χ4v) is 1.52. The number of ether oxygens (including phenoxy) is 1. The van der Waals surface area contributed by atoms with Gasteiger partial charge in [-0.15, -0.1) is 0 Å². The van der Waals surface area contributed by atoms with Crippen molar-refractivity contribution in [3.63, 3.8) is 0 Å². The van der Waals surface area contributed by atoms with Crippen LogP contribution in [0.4, 0.5) is 4.39 Å². The molecule has 0 saturated heterocycles. The molecule has 0 unspecified atom stereocenters. The van der Waals surface area contributed by atoms with E-state index in [2.05, 4.69) is 5.32 Å². The summed E-state index contributed by atoms with van der Waals surface area (Å²) in [5, 5.41) is 2.78. The van der Waals surface area contributed by atoms with Crippen molar-refractivity contribution in [2.24, 2.45) is 0 Å². The van der Waals surface area contributed by atoms with Gasteiger partial charge in [0.05, 0.1) is 13.1 Å². The van der Waals surface area contributed by atoms with Gasteiger partial charge in [-0.25, -0.2) is 4.39 Å². The zero-order chi connectivity index (χ0) is 15.1. The minimum atomic E-state index is -0.398. The van der Waals surface area contributed by atoms with Gasteiger partial charge in [0.15, 0.2) is 11.6 Å². The van der Waals surface area contributed by atoms with Crippen LogP contribution in [0, 0.1) is 5.82 Å². The highest BCUT2D eigenvalue weighted by molar-refractivity contribution is 5.78. The quantitative estimate of drug-likeness (QED) is 0.832. The molecular weight excluding hydrogens is 259 g/mol. The maximum Gasteiger partial charge on any atom is 0.234 e. The number of benzene rings is 1. The van der Waals surface area contributed by atoms with Gasteiger partial charge >= 0.3 is 0 Å². The number of carbonyl (C=O) groups is 1. The molecule has 0 bridgehead atoms. The van der Waals surface area contributed by atoms with Crippen LogP contribution in [0.2, 0.25) is 0 Å². The Hall–Kier alpha value is -1.62. The largest absolute Gasteiger partial charge is 0.486 e. The summed E-state index contributed by atoms with van der Waals surface area (Å²) >= 11 is 0. The SMILES string of the molecule is CC(C)N(C)CC(=O)NC[C@H](C)Oc1ccccc1F. The molecule has 5 heteroatoms. The van der Waals surface area contributed by atoms with Crippen molar-refractivity contribution < 1.29 is 13.9 Å². The molecule has 0 spiro atoms. The summed E-state index contributed by atoms with van der Waals surface area (Å²) in [6.45, 7) is 6.52. The molecule has 0 aromatic heterocycles. The van der Waals surface area contributed by atoms with E-state index in [1.807, 2.05) is 25.8 Å². The van der Waals surface area contributed by atoms with E-state index in [1.54, 1.807) is 25.1 Å². The van der Waals surface area contributed by atoms with Crippen molar-refractivity contribution in [3.05, 3.63) is 30.1 Å². The van der Waals surface area contributed by atoms with E-state index < -0.39 is 5.82 Å². The molecule has 0 saturated carbocycles. The number of nitrogens with one attached hydrogen (secondary N) is 1. The summed E-state index contributed by atoms with van der Waals surface area (Å²) in [4.78, 5) is 13.6. The predicted octanol–water partition coefficient (Wildman–Crippen LogP) is 2.05. The van der Waals surface area contributed by atoms with Gasteiger partial charge in [-0.05, 0) is 40.0 Å². The lowest BCUT2D eigenvalue weighted by Crippen LogP contribution is -2.41. The zero-order valence-electron chi connectivity index (χ0n) is 12.5. The minimum Gasteiger partial charge on any atom is -0.486 e. The van der Waals surface area contributed by atoms with Gasteiger partial charge in [0.25, 0.3) is 0 Å². The smallest absolute Gasteiger partial charge is 0.234 e. The van der Waals surface area contributed by atoms with E-state index >= 15 is 0 Å². The molecule has 0 radical (unpaired) electrons. The van der Waals surface area contributed by atoms with Crippen molar-refractivity contribution in [2.45, 2.75) is 32.9 Å². The lowest BCUT2D eigenvalue weighted by atomic mass is 10.3. The molecule has 0 heterocycles. The van der Waals surface area contributed by atoms with Crippen molar-refractivity contribution in [3.8, 4) is 5.75 Å². The summed E-state index contributed by atoms with van der Waals surface area (Å²) < 4.78 is 18.8. The van der Waals surface area contributed by atoms with Crippen LogP contribution < -0.4 is 10.1 Å². The average molecular weight is 282 g/mol. The molecule has 1 amide bonds. The van der Waals surface area contributed by atoms with Crippen molar-refractivity contribution in [1.82, 2.24) is 10.2 Å². The summed E-state index contributed by atoms with van der Waals surface area (Å²) in [7, 11) is 1.89. The number of para-hydroxylation sites is 1. The molecule has 112 valence electrons. The summed E-state index contributed by atoms with van der Waals surface area (Å²) in [5.41, 5.74) is 0. The summed E-state index contributed by atoms with van der Waals surface area (Å²) in [6, 6.07) is 6.55. The topological polar surface area (TPSA) is 41.6 Å². The molecule has 0 aliphatic carbocycles. The predicted molar refractivity (Wildman–Crippen MR) is 77.3 cm³/mol. The molecule has 1 atom stereocenters.